The highest BCUT2D eigenvalue weighted by Crippen LogP contribution is 2.10. The molecule has 1 aromatic rings. The van der Waals surface area contributed by atoms with Crippen LogP contribution in [0.15, 0.2) is 24.3 Å². The van der Waals surface area contributed by atoms with Gasteiger partial charge in [0.2, 0.25) is 6.54 Å². The van der Waals surface area contributed by atoms with E-state index in [-0.39, 0.29) is 6.42 Å². The molecule has 0 fully saturated rings. The lowest BCUT2D eigenvalue weighted by atomic mass is 10.2. The first-order valence-corrected chi connectivity index (χ1v) is 5.59. The second-order valence-corrected chi connectivity index (χ2v) is 3.68. The van der Waals surface area contributed by atoms with E-state index >= 15 is 0 Å². The van der Waals surface area contributed by atoms with Gasteiger partial charge in [0, 0.05) is 12.8 Å². The Balaban J connectivity index is 0.000000321. The van der Waals surface area contributed by atoms with Crippen molar-refractivity contribution in [2.24, 2.45) is 0 Å². The number of aliphatic carboxylic acids is 1. The molecule has 0 aliphatic rings. The molecule has 1 N–H and O–H groups in total. The number of aryl methyl sites for hydroxylation is 1. The first kappa shape index (κ1) is 15.7. The lowest BCUT2D eigenvalue weighted by Crippen LogP contribution is -1.93. The Labute approximate surface area is 108 Å². The van der Waals surface area contributed by atoms with Crippen molar-refractivity contribution in [3.63, 3.8) is 0 Å². The molecular formula is C14H16N2O2. The molecule has 0 radical (unpaired) electrons. The summed E-state index contributed by atoms with van der Waals surface area (Å²) in [5, 5.41) is 8.14. The Hall–Kier alpha value is -2.33. The molecule has 0 bridgehead atoms. The average Bonchev–Trinajstić information content (AvgIpc) is 2.36. The molecule has 0 saturated heterocycles. The molecule has 18 heavy (non-hydrogen) atoms. The maximum atomic E-state index is 9.88. The van der Waals surface area contributed by atoms with Crippen LogP contribution < -0.4 is 0 Å². The van der Waals surface area contributed by atoms with Crippen LogP contribution in [-0.4, -0.2) is 17.6 Å². The van der Waals surface area contributed by atoms with E-state index in [1.54, 1.807) is 0 Å². The van der Waals surface area contributed by atoms with E-state index < -0.39 is 5.97 Å². The number of hydrogen-bond acceptors (Lipinski definition) is 1. The molecule has 1 rings (SSSR count). The highest BCUT2D eigenvalue weighted by molar-refractivity contribution is 5.66. The van der Waals surface area contributed by atoms with E-state index in [9.17, 15) is 4.79 Å². The van der Waals surface area contributed by atoms with Crippen molar-refractivity contribution in [3.8, 4) is 0 Å². The van der Waals surface area contributed by atoms with Crippen LogP contribution in [0.2, 0.25) is 0 Å². The maximum Gasteiger partial charge on any atom is 0.303 e. The molecule has 0 heterocycles. The van der Waals surface area contributed by atoms with Gasteiger partial charge in [-0.15, -0.1) is 0 Å². The van der Waals surface area contributed by atoms with E-state index in [2.05, 4.69) is 9.69 Å². The van der Waals surface area contributed by atoms with Crippen molar-refractivity contribution < 1.29 is 9.90 Å². The second kappa shape index (κ2) is 9.86. The quantitative estimate of drug-likeness (QED) is 0.648. The maximum absolute atomic E-state index is 9.88. The van der Waals surface area contributed by atoms with E-state index in [4.69, 9.17) is 18.3 Å². The number of carboxylic acid groups (broad SMARTS) is 1. The Kier molecular flexibility index (Phi) is 8.59. The van der Waals surface area contributed by atoms with Crippen LogP contribution >= 0.6 is 0 Å². The predicted octanol–water partition coefficient (Wildman–Crippen LogP) is 3.71. The van der Waals surface area contributed by atoms with Gasteiger partial charge >= 0.3 is 5.97 Å². The summed E-state index contributed by atoms with van der Waals surface area (Å²) in [6, 6.07) is 7.52. The van der Waals surface area contributed by atoms with Gasteiger partial charge in [-0.3, -0.25) is 4.79 Å². The third kappa shape index (κ3) is 8.94. The Morgan fingerprint density at radius 1 is 1.22 bits per heavy atom. The van der Waals surface area contributed by atoms with Gasteiger partial charge < -0.3 is 9.95 Å². The number of unbranched alkanes of at least 4 members (excludes halogenated alkanes) is 1. The summed E-state index contributed by atoms with van der Waals surface area (Å²) in [5.41, 5.74) is 1.91. The number of nitrogens with zero attached hydrogens (tertiary/aromatic N) is 2. The molecule has 0 unspecified atom stereocenters. The van der Waals surface area contributed by atoms with E-state index in [0.29, 0.717) is 25.1 Å². The summed E-state index contributed by atoms with van der Waals surface area (Å²) >= 11 is 0. The van der Waals surface area contributed by atoms with Gasteiger partial charge in [-0.05, 0) is 13.3 Å². The number of hydrogen-bond donors (Lipinski definition) is 1. The molecule has 0 aliphatic heterocycles. The fourth-order valence-electron chi connectivity index (χ4n) is 1.09. The van der Waals surface area contributed by atoms with Crippen molar-refractivity contribution in [2.45, 2.75) is 26.2 Å². The molecular weight excluding hydrogens is 228 g/mol. The van der Waals surface area contributed by atoms with Gasteiger partial charge in [-0.1, -0.05) is 29.8 Å². The van der Waals surface area contributed by atoms with Gasteiger partial charge in [-0.25, -0.2) is 11.4 Å². The topological polar surface area (TPSA) is 46.0 Å². The summed E-state index contributed by atoms with van der Waals surface area (Å²) in [7, 11) is 0. The average molecular weight is 244 g/mol. The highest BCUT2D eigenvalue weighted by Gasteiger charge is 1.95. The van der Waals surface area contributed by atoms with E-state index in [1.165, 1.54) is 5.56 Å². The predicted molar refractivity (Wildman–Crippen MR) is 70.4 cm³/mol. The Morgan fingerprint density at radius 2 is 1.83 bits per heavy atom. The Bertz CT molecular complexity index is 438. The largest absolute Gasteiger partial charge is 0.481 e. The lowest BCUT2D eigenvalue weighted by Gasteiger charge is -1.88. The second-order valence-electron chi connectivity index (χ2n) is 3.68. The molecule has 1 aromatic carbocycles. The van der Waals surface area contributed by atoms with E-state index in [0.717, 1.165) is 0 Å². The van der Waals surface area contributed by atoms with Crippen LogP contribution in [0.1, 0.15) is 24.8 Å². The van der Waals surface area contributed by atoms with Crippen molar-refractivity contribution in [1.82, 2.24) is 0 Å². The number of rotatable bonds is 4. The van der Waals surface area contributed by atoms with Crippen LogP contribution in [-0.2, 0) is 4.79 Å². The van der Waals surface area contributed by atoms with Crippen LogP contribution in [0.5, 0.6) is 0 Å². The minimum absolute atomic E-state index is 0.190. The molecule has 0 spiro atoms. The molecule has 4 nitrogen and oxygen atoms in total. The van der Waals surface area contributed by atoms with Gasteiger partial charge in [0.1, 0.15) is 0 Å². The van der Waals surface area contributed by atoms with Crippen molar-refractivity contribution in [2.75, 3.05) is 6.54 Å². The van der Waals surface area contributed by atoms with Crippen molar-refractivity contribution in [1.29, 1.82) is 0 Å². The SMILES string of the molecule is [C-]#[N+]CCCCC(=O)O.[C-]#[N+]c1ccc(C)cc1. The minimum atomic E-state index is -0.778. The van der Waals surface area contributed by atoms with Crippen molar-refractivity contribution in [3.05, 3.63) is 52.7 Å². The summed E-state index contributed by atoms with van der Waals surface area (Å²) in [6.45, 7) is 15.5. The zero-order chi connectivity index (χ0) is 13.8. The molecule has 0 aromatic heterocycles. The molecule has 0 aliphatic carbocycles. The number of carboxylic acids is 1. The zero-order valence-electron chi connectivity index (χ0n) is 10.4. The van der Waals surface area contributed by atoms with E-state index in [1.807, 2.05) is 31.2 Å². The van der Waals surface area contributed by atoms with Crippen LogP contribution in [0.25, 0.3) is 9.69 Å². The first-order valence-electron chi connectivity index (χ1n) is 5.59. The van der Waals surface area contributed by atoms with Gasteiger partial charge in [0.15, 0.2) is 5.69 Å². The minimum Gasteiger partial charge on any atom is -0.481 e. The summed E-state index contributed by atoms with van der Waals surface area (Å²) in [4.78, 5) is 16.2. The molecule has 0 amide bonds. The van der Waals surface area contributed by atoms with Crippen LogP contribution in [0.3, 0.4) is 0 Å². The smallest absolute Gasteiger partial charge is 0.303 e. The van der Waals surface area contributed by atoms with Crippen molar-refractivity contribution >= 4 is 11.7 Å². The first-order chi connectivity index (χ1) is 8.60. The molecule has 0 saturated carbocycles. The lowest BCUT2D eigenvalue weighted by molar-refractivity contribution is -0.137. The zero-order valence-corrected chi connectivity index (χ0v) is 10.4. The van der Waals surface area contributed by atoms with Crippen LogP contribution in [0.4, 0.5) is 5.69 Å². The fraction of sp³-hybridized carbons (Fsp3) is 0.357. The normalized spacial score (nSPS) is 8.39. The molecule has 0 atom stereocenters. The van der Waals surface area contributed by atoms with Gasteiger partial charge in [-0.2, -0.15) is 0 Å². The molecule has 94 valence electrons. The summed E-state index contributed by atoms with van der Waals surface area (Å²) in [5.74, 6) is -0.778. The Morgan fingerprint density at radius 3 is 2.28 bits per heavy atom. The third-order valence-electron chi connectivity index (χ3n) is 2.07. The fourth-order valence-corrected chi connectivity index (χ4v) is 1.09. The summed E-state index contributed by atoms with van der Waals surface area (Å²) < 4.78 is 0. The number of carbonyl (C=O) groups is 1. The monoisotopic (exact) mass is 244 g/mol. The van der Waals surface area contributed by atoms with Gasteiger partial charge in [0.05, 0.1) is 6.57 Å². The standard InChI is InChI=1S/C8H7N.C6H9NO2/c1-7-3-5-8(9-2)6-4-7;1-7-5-3-2-4-6(8)9/h3-6H,1H3;2-5H2,(H,8,9). The van der Waals surface area contributed by atoms with Gasteiger partial charge in [0.25, 0.3) is 0 Å². The van der Waals surface area contributed by atoms with Crippen LogP contribution in [0, 0.1) is 20.1 Å². The highest BCUT2D eigenvalue weighted by atomic mass is 16.4. The third-order valence-corrected chi connectivity index (χ3v) is 2.07. The number of benzene rings is 1. The summed E-state index contributed by atoms with van der Waals surface area (Å²) in [6.07, 6.45) is 1.52. The molecule has 4 heteroatoms.